The Morgan fingerprint density at radius 3 is 1.03 bits per heavy atom. The molecule has 0 aromatic carbocycles. The summed E-state index contributed by atoms with van der Waals surface area (Å²) in [7, 11) is 0. The fraction of sp³-hybridized carbons (Fsp3) is 0.780. The Bertz CT molecular complexity index is 1180. The number of allylic oxidation sites excluding steroid dienone is 10. The van der Waals surface area contributed by atoms with Crippen LogP contribution in [0, 0.1) is 0 Å². The van der Waals surface area contributed by atoms with E-state index in [-0.39, 0.29) is 31.1 Å². The van der Waals surface area contributed by atoms with Gasteiger partial charge >= 0.3 is 17.9 Å². The molecule has 0 aromatic heterocycles. The predicted octanol–water partition coefficient (Wildman–Crippen LogP) is 18.4. The lowest BCUT2D eigenvalue weighted by Crippen LogP contribution is -2.30. The van der Waals surface area contributed by atoms with Gasteiger partial charge in [0.1, 0.15) is 13.2 Å². The number of rotatable bonds is 50. The van der Waals surface area contributed by atoms with Gasteiger partial charge in [-0.15, -0.1) is 0 Å². The summed E-state index contributed by atoms with van der Waals surface area (Å²) in [6, 6.07) is 0. The minimum Gasteiger partial charge on any atom is -0.462 e. The average Bonchev–Trinajstić information content (AvgIpc) is 3.30. The van der Waals surface area contributed by atoms with Crippen molar-refractivity contribution >= 4 is 17.9 Å². The van der Waals surface area contributed by atoms with Crippen molar-refractivity contribution in [1.82, 2.24) is 0 Å². The smallest absolute Gasteiger partial charge is 0.306 e. The maximum Gasteiger partial charge on any atom is 0.306 e. The highest BCUT2D eigenvalue weighted by Gasteiger charge is 2.19. The quantitative estimate of drug-likeness (QED) is 0.0199. The third-order valence-corrected chi connectivity index (χ3v) is 12.0. The van der Waals surface area contributed by atoms with Crippen LogP contribution < -0.4 is 0 Å². The molecule has 0 aliphatic carbocycles. The normalized spacial score (nSPS) is 12.5. The minimum absolute atomic E-state index is 0.0880. The SMILES string of the molecule is CC/C=C\C/C=C\CCCCCCCC(=O)OCC(COC(=O)CCCCCCC/C=C\C=C/CCCCCCCCC)OC(=O)CCCCCCCCC/C=C\CCCCCCCC. The van der Waals surface area contributed by atoms with Crippen LogP contribution in [-0.2, 0) is 28.6 Å². The third kappa shape index (κ3) is 51.9. The van der Waals surface area contributed by atoms with Gasteiger partial charge in [-0.1, -0.05) is 223 Å². The van der Waals surface area contributed by atoms with E-state index in [1.165, 1.54) is 128 Å². The van der Waals surface area contributed by atoms with Crippen molar-refractivity contribution < 1.29 is 28.6 Å². The molecule has 0 aliphatic heterocycles. The molecule has 6 nitrogen and oxygen atoms in total. The highest BCUT2D eigenvalue weighted by atomic mass is 16.6. The third-order valence-electron chi connectivity index (χ3n) is 12.0. The first-order valence-corrected chi connectivity index (χ1v) is 27.8. The van der Waals surface area contributed by atoms with E-state index in [0.29, 0.717) is 19.3 Å². The van der Waals surface area contributed by atoms with E-state index in [1.807, 2.05) is 0 Å². The van der Waals surface area contributed by atoms with Crippen LogP contribution in [-0.4, -0.2) is 37.2 Å². The van der Waals surface area contributed by atoms with Crippen molar-refractivity contribution in [2.24, 2.45) is 0 Å². The van der Waals surface area contributed by atoms with Crippen molar-refractivity contribution in [3.05, 3.63) is 60.8 Å². The second kappa shape index (κ2) is 53.7. The number of esters is 3. The topological polar surface area (TPSA) is 78.9 Å². The second-order valence-electron chi connectivity index (χ2n) is 18.5. The van der Waals surface area contributed by atoms with Gasteiger partial charge in [0, 0.05) is 19.3 Å². The van der Waals surface area contributed by atoms with E-state index in [1.54, 1.807) is 0 Å². The van der Waals surface area contributed by atoms with Crippen LogP contribution >= 0.6 is 0 Å². The van der Waals surface area contributed by atoms with Crippen LogP contribution in [0.1, 0.15) is 278 Å². The van der Waals surface area contributed by atoms with Crippen LogP contribution in [0.3, 0.4) is 0 Å². The molecule has 0 aromatic rings. The van der Waals surface area contributed by atoms with E-state index in [4.69, 9.17) is 14.2 Å². The van der Waals surface area contributed by atoms with Gasteiger partial charge < -0.3 is 14.2 Å². The van der Waals surface area contributed by atoms with E-state index >= 15 is 0 Å². The molecule has 0 N–H and O–H groups in total. The first kappa shape index (κ1) is 62.1. The molecule has 0 amide bonds. The summed E-state index contributed by atoms with van der Waals surface area (Å²) in [6.07, 6.45) is 66.4. The first-order valence-electron chi connectivity index (χ1n) is 27.8. The Hall–Kier alpha value is -2.89. The highest BCUT2D eigenvalue weighted by Crippen LogP contribution is 2.15. The molecule has 0 rings (SSSR count). The lowest BCUT2D eigenvalue weighted by molar-refractivity contribution is -0.167. The maximum absolute atomic E-state index is 12.8. The maximum atomic E-state index is 12.8. The largest absolute Gasteiger partial charge is 0.462 e. The molecular weight excluding hydrogens is 805 g/mol. The molecule has 0 fully saturated rings. The summed E-state index contributed by atoms with van der Waals surface area (Å²) in [6.45, 7) is 6.51. The summed E-state index contributed by atoms with van der Waals surface area (Å²) in [4.78, 5) is 38.1. The van der Waals surface area contributed by atoms with Crippen molar-refractivity contribution in [2.75, 3.05) is 13.2 Å². The molecule has 376 valence electrons. The predicted molar refractivity (Wildman–Crippen MR) is 279 cm³/mol. The summed E-state index contributed by atoms with van der Waals surface area (Å²) >= 11 is 0. The number of carbonyl (C=O) groups excluding carboxylic acids is 3. The van der Waals surface area contributed by atoms with Crippen LogP contribution in [0.4, 0.5) is 0 Å². The van der Waals surface area contributed by atoms with Gasteiger partial charge in [-0.2, -0.15) is 0 Å². The number of unbranched alkanes of at least 4 members (excludes halogenated alkanes) is 30. The van der Waals surface area contributed by atoms with E-state index in [0.717, 1.165) is 109 Å². The Morgan fingerprint density at radius 1 is 0.338 bits per heavy atom. The second-order valence-corrected chi connectivity index (χ2v) is 18.5. The van der Waals surface area contributed by atoms with Crippen molar-refractivity contribution in [1.29, 1.82) is 0 Å². The molecule has 1 unspecified atom stereocenters. The zero-order chi connectivity index (χ0) is 47.2. The number of carbonyl (C=O) groups is 3. The van der Waals surface area contributed by atoms with Crippen molar-refractivity contribution in [3.63, 3.8) is 0 Å². The fourth-order valence-electron chi connectivity index (χ4n) is 7.82. The van der Waals surface area contributed by atoms with Gasteiger partial charge in [0.2, 0.25) is 0 Å². The lowest BCUT2D eigenvalue weighted by atomic mass is 10.1. The molecule has 0 aliphatic rings. The highest BCUT2D eigenvalue weighted by molar-refractivity contribution is 5.71. The van der Waals surface area contributed by atoms with E-state index in [9.17, 15) is 14.4 Å². The van der Waals surface area contributed by atoms with Gasteiger partial charge in [-0.3, -0.25) is 14.4 Å². The molecule has 0 saturated carbocycles. The van der Waals surface area contributed by atoms with Crippen LogP contribution in [0.25, 0.3) is 0 Å². The Labute approximate surface area is 402 Å². The first-order chi connectivity index (χ1) is 32.0. The molecule has 0 bridgehead atoms. The zero-order valence-corrected chi connectivity index (χ0v) is 43.0. The molecule has 0 saturated heterocycles. The van der Waals surface area contributed by atoms with Gasteiger partial charge in [-0.05, 0) is 96.3 Å². The van der Waals surface area contributed by atoms with Crippen molar-refractivity contribution in [3.8, 4) is 0 Å². The van der Waals surface area contributed by atoms with Crippen molar-refractivity contribution in [2.45, 2.75) is 284 Å². The Balaban J connectivity index is 4.39. The fourth-order valence-corrected chi connectivity index (χ4v) is 7.82. The van der Waals surface area contributed by atoms with Crippen LogP contribution in [0.15, 0.2) is 60.8 Å². The Morgan fingerprint density at radius 2 is 0.646 bits per heavy atom. The molecule has 0 heterocycles. The molecule has 65 heavy (non-hydrogen) atoms. The Kier molecular flexibility index (Phi) is 51.3. The molecule has 1 atom stereocenters. The summed E-state index contributed by atoms with van der Waals surface area (Å²) < 4.78 is 16.8. The monoisotopic (exact) mass is 909 g/mol. The zero-order valence-electron chi connectivity index (χ0n) is 43.0. The molecule has 0 spiro atoms. The van der Waals surface area contributed by atoms with E-state index < -0.39 is 6.10 Å². The van der Waals surface area contributed by atoms with E-state index in [2.05, 4.69) is 81.5 Å². The van der Waals surface area contributed by atoms with Gasteiger partial charge in [0.05, 0.1) is 0 Å². The molecule has 6 heteroatoms. The van der Waals surface area contributed by atoms with Crippen LogP contribution in [0.5, 0.6) is 0 Å². The molecule has 0 radical (unpaired) electrons. The van der Waals surface area contributed by atoms with Gasteiger partial charge in [0.15, 0.2) is 6.10 Å². The number of hydrogen-bond acceptors (Lipinski definition) is 6. The minimum atomic E-state index is -0.788. The summed E-state index contributed by atoms with van der Waals surface area (Å²) in [5, 5.41) is 0. The average molecular weight is 909 g/mol. The lowest BCUT2D eigenvalue weighted by Gasteiger charge is -2.18. The summed E-state index contributed by atoms with van der Waals surface area (Å²) in [5.74, 6) is -0.913. The number of hydrogen-bond donors (Lipinski definition) is 0. The van der Waals surface area contributed by atoms with Gasteiger partial charge in [0.25, 0.3) is 0 Å². The van der Waals surface area contributed by atoms with Crippen LogP contribution in [0.2, 0.25) is 0 Å². The standard InChI is InChI=1S/C59H104O6/c1-4-7-10-13-16-19-22-25-27-29-31-32-34-37-40-43-46-49-52-58(61)64-55-56(54-63-57(60)51-48-45-42-39-36-24-21-18-15-12-9-6-3)65-59(62)53-50-47-44-41-38-35-33-30-28-26-23-20-17-14-11-8-5-2/h9,12,18,21,26-29,31-32,56H,4-8,10-11,13-17,19-20,22-25,30,33-55H2,1-3H3/b12-9-,21-18-,28-26-,29-27-,32-31-. The molecular formula is C59H104O6. The number of ether oxygens (including phenoxy) is 3. The summed E-state index contributed by atoms with van der Waals surface area (Å²) in [5.41, 5.74) is 0. The van der Waals surface area contributed by atoms with Gasteiger partial charge in [-0.25, -0.2) is 0 Å².